The molecule has 1 rings (SSSR count). The van der Waals surface area contributed by atoms with Crippen molar-refractivity contribution in [1.82, 2.24) is 15.6 Å². The van der Waals surface area contributed by atoms with Gasteiger partial charge in [-0.15, -0.1) is 0 Å². The molecule has 104 valence electrons. The van der Waals surface area contributed by atoms with Crippen molar-refractivity contribution in [1.29, 1.82) is 0 Å². The van der Waals surface area contributed by atoms with Crippen molar-refractivity contribution in [3.63, 3.8) is 0 Å². The monoisotopic (exact) mass is 265 g/mol. The summed E-state index contributed by atoms with van der Waals surface area (Å²) < 4.78 is 0. The van der Waals surface area contributed by atoms with Crippen LogP contribution in [-0.4, -0.2) is 28.1 Å². The number of amides is 2. The summed E-state index contributed by atoms with van der Waals surface area (Å²) in [5.41, 5.74) is 0.886. The van der Waals surface area contributed by atoms with Crippen LogP contribution in [0.4, 0.5) is 4.79 Å². The molecule has 0 saturated heterocycles. The van der Waals surface area contributed by atoms with E-state index in [1.54, 1.807) is 18.5 Å². The van der Waals surface area contributed by atoms with E-state index in [1.165, 1.54) is 0 Å². The van der Waals surface area contributed by atoms with Crippen LogP contribution in [0.2, 0.25) is 0 Å². The third-order valence-electron chi connectivity index (χ3n) is 2.69. The smallest absolute Gasteiger partial charge is 0.315 e. The minimum absolute atomic E-state index is 0.0558. The second kappa shape index (κ2) is 7.35. The summed E-state index contributed by atoms with van der Waals surface area (Å²) in [5, 5.41) is 14.1. The number of aromatic nitrogens is 1. The van der Waals surface area contributed by atoms with E-state index < -0.39 is 5.97 Å². The van der Waals surface area contributed by atoms with Gasteiger partial charge >= 0.3 is 12.0 Å². The summed E-state index contributed by atoms with van der Waals surface area (Å²) >= 11 is 0. The van der Waals surface area contributed by atoms with Gasteiger partial charge in [0.05, 0.1) is 6.42 Å². The predicted molar refractivity (Wildman–Crippen MR) is 70.5 cm³/mol. The molecule has 3 N–H and O–H groups in total. The minimum atomic E-state index is -0.925. The Morgan fingerprint density at radius 1 is 1.42 bits per heavy atom. The highest BCUT2D eigenvalue weighted by molar-refractivity contribution is 5.75. The molecule has 1 aromatic rings. The van der Waals surface area contributed by atoms with Crippen LogP contribution in [0, 0.1) is 5.92 Å². The Morgan fingerprint density at radius 3 is 2.68 bits per heavy atom. The van der Waals surface area contributed by atoms with Crippen LogP contribution in [0.3, 0.4) is 0 Å². The number of hydrogen-bond acceptors (Lipinski definition) is 3. The number of nitrogens with one attached hydrogen (secondary N) is 2. The number of carboxylic acid groups (broad SMARTS) is 1. The van der Waals surface area contributed by atoms with Crippen LogP contribution >= 0.6 is 0 Å². The van der Waals surface area contributed by atoms with E-state index in [-0.39, 0.29) is 24.4 Å². The predicted octanol–water partition coefficient (Wildman–Crippen LogP) is 1.38. The van der Waals surface area contributed by atoms with E-state index in [0.717, 1.165) is 5.56 Å². The number of hydrogen-bond donors (Lipinski definition) is 3. The topological polar surface area (TPSA) is 91.3 Å². The SMILES string of the molecule is CC(C)C(CC(=O)O)NC(=O)NCc1cccnc1. The summed E-state index contributed by atoms with van der Waals surface area (Å²) in [6.07, 6.45) is 3.24. The fourth-order valence-corrected chi connectivity index (χ4v) is 1.55. The quantitative estimate of drug-likeness (QED) is 0.724. The Bertz CT molecular complexity index is 420. The van der Waals surface area contributed by atoms with Gasteiger partial charge in [-0.2, -0.15) is 0 Å². The van der Waals surface area contributed by atoms with Gasteiger partial charge in [-0.05, 0) is 17.5 Å². The molecule has 0 aliphatic rings. The third-order valence-corrected chi connectivity index (χ3v) is 2.69. The van der Waals surface area contributed by atoms with Crippen LogP contribution in [0.15, 0.2) is 24.5 Å². The molecule has 0 fully saturated rings. The fourth-order valence-electron chi connectivity index (χ4n) is 1.55. The molecule has 0 spiro atoms. The van der Waals surface area contributed by atoms with Crippen molar-refractivity contribution in [2.75, 3.05) is 0 Å². The highest BCUT2D eigenvalue weighted by atomic mass is 16.4. The molecule has 0 aliphatic heterocycles. The number of carbonyl (C=O) groups is 2. The standard InChI is InChI=1S/C13H19N3O3/c1-9(2)11(6-12(17)18)16-13(19)15-8-10-4-3-5-14-7-10/h3-5,7,9,11H,6,8H2,1-2H3,(H,17,18)(H2,15,16,19). The molecule has 0 saturated carbocycles. The Labute approximate surface area is 112 Å². The van der Waals surface area contributed by atoms with Crippen LogP contribution in [0.5, 0.6) is 0 Å². The lowest BCUT2D eigenvalue weighted by molar-refractivity contribution is -0.137. The first-order valence-electron chi connectivity index (χ1n) is 6.14. The largest absolute Gasteiger partial charge is 0.481 e. The summed E-state index contributed by atoms with van der Waals surface area (Å²) in [7, 11) is 0. The first-order chi connectivity index (χ1) is 8.99. The van der Waals surface area contributed by atoms with Crippen LogP contribution in [-0.2, 0) is 11.3 Å². The van der Waals surface area contributed by atoms with Crippen LogP contribution < -0.4 is 10.6 Å². The van der Waals surface area contributed by atoms with Gasteiger partial charge < -0.3 is 15.7 Å². The van der Waals surface area contributed by atoms with Crippen LogP contribution in [0.1, 0.15) is 25.8 Å². The molecule has 6 nitrogen and oxygen atoms in total. The molecular weight excluding hydrogens is 246 g/mol. The number of pyridine rings is 1. The summed E-state index contributed by atoms with van der Waals surface area (Å²) in [6, 6.07) is 2.89. The van der Waals surface area contributed by atoms with Crippen molar-refractivity contribution < 1.29 is 14.7 Å². The van der Waals surface area contributed by atoms with Gasteiger partial charge in [-0.1, -0.05) is 19.9 Å². The second-order valence-corrected chi connectivity index (χ2v) is 4.64. The van der Waals surface area contributed by atoms with Gasteiger partial charge in [-0.3, -0.25) is 9.78 Å². The van der Waals surface area contributed by atoms with Crippen LogP contribution in [0.25, 0.3) is 0 Å². The molecular formula is C13H19N3O3. The minimum Gasteiger partial charge on any atom is -0.481 e. The van der Waals surface area contributed by atoms with E-state index in [1.807, 2.05) is 19.9 Å². The lowest BCUT2D eigenvalue weighted by atomic mass is 10.0. The van der Waals surface area contributed by atoms with E-state index in [2.05, 4.69) is 15.6 Å². The van der Waals surface area contributed by atoms with Crippen molar-refractivity contribution in [2.45, 2.75) is 32.9 Å². The summed E-state index contributed by atoms with van der Waals surface area (Å²) in [5.74, 6) is -0.869. The van der Waals surface area contributed by atoms with E-state index >= 15 is 0 Å². The number of nitrogens with zero attached hydrogens (tertiary/aromatic N) is 1. The molecule has 1 aromatic heterocycles. The first kappa shape index (κ1) is 14.9. The third kappa shape index (κ3) is 5.85. The molecule has 0 aromatic carbocycles. The number of rotatable bonds is 6. The lowest BCUT2D eigenvalue weighted by Gasteiger charge is -2.20. The highest BCUT2D eigenvalue weighted by Gasteiger charge is 2.19. The first-order valence-corrected chi connectivity index (χ1v) is 6.14. The van der Waals surface area contributed by atoms with Crippen molar-refractivity contribution in [2.24, 2.45) is 5.92 Å². The van der Waals surface area contributed by atoms with Gasteiger partial charge in [0.25, 0.3) is 0 Å². The zero-order valence-electron chi connectivity index (χ0n) is 11.1. The summed E-state index contributed by atoms with van der Waals surface area (Å²) in [6.45, 7) is 4.10. The lowest BCUT2D eigenvalue weighted by Crippen LogP contribution is -2.45. The normalized spacial score (nSPS) is 11.9. The Morgan fingerprint density at radius 2 is 2.16 bits per heavy atom. The van der Waals surface area contributed by atoms with E-state index in [9.17, 15) is 9.59 Å². The molecule has 6 heteroatoms. The van der Waals surface area contributed by atoms with Gasteiger partial charge in [0.1, 0.15) is 0 Å². The maximum Gasteiger partial charge on any atom is 0.315 e. The van der Waals surface area contributed by atoms with Crippen molar-refractivity contribution in [3.8, 4) is 0 Å². The van der Waals surface area contributed by atoms with Crippen molar-refractivity contribution >= 4 is 12.0 Å². The molecule has 19 heavy (non-hydrogen) atoms. The van der Waals surface area contributed by atoms with Gasteiger partial charge in [0.2, 0.25) is 0 Å². The molecule has 0 aliphatic carbocycles. The average molecular weight is 265 g/mol. The Hall–Kier alpha value is -2.11. The molecule has 1 heterocycles. The number of aliphatic carboxylic acids is 1. The Balaban J connectivity index is 2.42. The van der Waals surface area contributed by atoms with E-state index in [4.69, 9.17) is 5.11 Å². The average Bonchev–Trinajstić information content (AvgIpc) is 2.36. The highest BCUT2D eigenvalue weighted by Crippen LogP contribution is 2.06. The molecule has 0 bridgehead atoms. The molecule has 0 radical (unpaired) electrons. The Kier molecular flexibility index (Phi) is 5.78. The molecule has 1 atom stereocenters. The fraction of sp³-hybridized carbons (Fsp3) is 0.462. The van der Waals surface area contributed by atoms with Gasteiger partial charge in [0.15, 0.2) is 0 Å². The zero-order chi connectivity index (χ0) is 14.3. The number of urea groups is 1. The van der Waals surface area contributed by atoms with E-state index in [0.29, 0.717) is 6.54 Å². The van der Waals surface area contributed by atoms with Gasteiger partial charge in [0, 0.05) is 25.0 Å². The maximum absolute atomic E-state index is 11.7. The molecule has 2 amide bonds. The maximum atomic E-state index is 11.7. The second-order valence-electron chi connectivity index (χ2n) is 4.64. The number of carbonyl (C=O) groups excluding carboxylic acids is 1. The summed E-state index contributed by atoms with van der Waals surface area (Å²) in [4.78, 5) is 26.3. The number of carboxylic acids is 1. The van der Waals surface area contributed by atoms with Gasteiger partial charge in [-0.25, -0.2) is 4.79 Å². The van der Waals surface area contributed by atoms with Crippen molar-refractivity contribution in [3.05, 3.63) is 30.1 Å². The zero-order valence-corrected chi connectivity index (χ0v) is 11.1. The molecule has 1 unspecified atom stereocenters.